The first-order valence-corrected chi connectivity index (χ1v) is 8.03. The Bertz CT molecular complexity index is 720. The minimum atomic E-state index is -0.497. The molecule has 0 spiro atoms. The van der Waals surface area contributed by atoms with Gasteiger partial charge in [-0.2, -0.15) is 0 Å². The molecule has 0 saturated carbocycles. The summed E-state index contributed by atoms with van der Waals surface area (Å²) in [5.74, 6) is 0.196. The van der Waals surface area contributed by atoms with Crippen molar-refractivity contribution in [1.29, 1.82) is 0 Å². The van der Waals surface area contributed by atoms with Crippen molar-refractivity contribution in [2.75, 3.05) is 18.0 Å². The van der Waals surface area contributed by atoms with Gasteiger partial charge in [-0.3, -0.25) is 4.79 Å². The number of β-amino-alcohol motifs (C(OH)–C–C–N with tert-alkyl or cyclic N) is 1. The summed E-state index contributed by atoms with van der Waals surface area (Å²) in [4.78, 5) is 18.1. The fourth-order valence-electron chi connectivity index (χ4n) is 3.05. The van der Waals surface area contributed by atoms with Crippen LogP contribution in [0.5, 0.6) is 0 Å². The molecule has 2 aromatic rings. The lowest BCUT2D eigenvalue weighted by atomic mass is 10.0. The van der Waals surface area contributed by atoms with E-state index >= 15 is 0 Å². The average Bonchev–Trinajstić information content (AvgIpc) is 2.97. The third-order valence-corrected chi connectivity index (χ3v) is 4.15. The molecule has 2 atom stereocenters. The molecule has 0 unspecified atom stereocenters. The number of nitrogens with zero attached hydrogens (tertiary/aromatic N) is 2. The fraction of sp³-hybridized carbons (Fsp3) is 0.333. The van der Waals surface area contributed by atoms with Gasteiger partial charge in [0.2, 0.25) is 0 Å². The van der Waals surface area contributed by atoms with E-state index in [1.807, 2.05) is 17.9 Å². The number of aliphatic hydroxyl groups is 1. The maximum atomic E-state index is 13.5. The lowest BCUT2D eigenvalue weighted by Gasteiger charge is -2.26. The predicted molar refractivity (Wildman–Crippen MR) is 89.4 cm³/mol. The maximum Gasteiger partial charge on any atom is 0.252 e. The molecule has 126 valence electrons. The Morgan fingerprint density at radius 1 is 1.42 bits per heavy atom. The molecule has 1 amide bonds. The van der Waals surface area contributed by atoms with Crippen molar-refractivity contribution in [3.8, 4) is 0 Å². The van der Waals surface area contributed by atoms with Crippen molar-refractivity contribution in [3.05, 3.63) is 59.5 Å². The van der Waals surface area contributed by atoms with Crippen LogP contribution < -0.4 is 10.2 Å². The maximum absolute atomic E-state index is 13.5. The van der Waals surface area contributed by atoms with E-state index in [9.17, 15) is 14.3 Å². The number of carbonyl (C=O) groups excluding carboxylic acids is 1. The van der Waals surface area contributed by atoms with Gasteiger partial charge >= 0.3 is 0 Å². The molecule has 6 heteroatoms. The number of benzene rings is 1. The van der Waals surface area contributed by atoms with Crippen LogP contribution in [0.25, 0.3) is 0 Å². The standard InChI is InChI=1S/C18H20FN3O2/c1-2-20-18(24)13-6-7-17(21-10-13)22-11-15(23)9-16(22)12-4-3-5-14(19)8-12/h3-8,10,15-16,23H,2,9,11H2,1H3,(H,20,24)/t15-,16-/m0/s1. The van der Waals surface area contributed by atoms with Crippen LogP contribution in [0, 0.1) is 5.82 Å². The van der Waals surface area contributed by atoms with Crippen LogP contribution in [0.3, 0.4) is 0 Å². The van der Waals surface area contributed by atoms with Crippen molar-refractivity contribution in [3.63, 3.8) is 0 Å². The van der Waals surface area contributed by atoms with Crippen molar-refractivity contribution in [2.24, 2.45) is 0 Å². The van der Waals surface area contributed by atoms with Crippen LogP contribution in [0.2, 0.25) is 0 Å². The predicted octanol–water partition coefficient (Wildman–Crippen LogP) is 2.28. The highest BCUT2D eigenvalue weighted by Gasteiger charge is 2.33. The Labute approximate surface area is 140 Å². The molecule has 1 aromatic carbocycles. The smallest absolute Gasteiger partial charge is 0.252 e. The summed E-state index contributed by atoms with van der Waals surface area (Å²) in [5, 5.41) is 12.8. The normalized spacial score (nSPS) is 20.2. The van der Waals surface area contributed by atoms with Gasteiger partial charge in [-0.1, -0.05) is 12.1 Å². The van der Waals surface area contributed by atoms with Gasteiger partial charge in [0, 0.05) is 19.3 Å². The molecule has 1 aliphatic rings. The van der Waals surface area contributed by atoms with Gasteiger partial charge in [-0.15, -0.1) is 0 Å². The highest BCUT2D eigenvalue weighted by atomic mass is 19.1. The van der Waals surface area contributed by atoms with Gasteiger partial charge in [0.1, 0.15) is 11.6 Å². The van der Waals surface area contributed by atoms with Gasteiger partial charge in [0.05, 0.1) is 17.7 Å². The second kappa shape index (κ2) is 6.97. The molecule has 0 bridgehead atoms. The third kappa shape index (κ3) is 3.38. The van der Waals surface area contributed by atoms with E-state index in [4.69, 9.17) is 0 Å². The molecule has 24 heavy (non-hydrogen) atoms. The third-order valence-electron chi connectivity index (χ3n) is 4.15. The fourth-order valence-corrected chi connectivity index (χ4v) is 3.05. The quantitative estimate of drug-likeness (QED) is 0.903. The van der Waals surface area contributed by atoms with Crippen molar-refractivity contribution in [2.45, 2.75) is 25.5 Å². The number of rotatable bonds is 4. The van der Waals surface area contributed by atoms with E-state index < -0.39 is 6.10 Å². The van der Waals surface area contributed by atoms with E-state index in [-0.39, 0.29) is 17.8 Å². The van der Waals surface area contributed by atoms with Gasteiger partial charge < -0.3 is 15.3 Å². The van der Waals surface area contributed by atoms with Crippen LogP contribution in [0.15, 0.2) is 42.6 Å². The van der Waals surface area contributed by atoms with E-state index in [0.29, 0.717) is 30.9 Å². The summed E-state index contributed by atoms with van der Waals surface area (Å²) in [6.07, 6.45) is 1.54. The number of aromatic nitrogens is 1. The number of halogens is 1. The Kier molecular flexibility index (Phi) is 4.76. The summed E-state index contributed by atoms with van der Waals surface area (Å²) in [6.45, 7) is 2.84. The van der Waals surface area contributed by atoms with Crippen LogP contribution in [-0.2, 0) is 0 Å². The minimum absolute atomic E-state index is 0.140. The zero-order valence-electron chi connectivity index (χ0n) is 13.4. The van der Waals surface area contributed by atoms with Crippen molar-refractivity contribution >= 4 is 11.7 Å². The van der Waals surface area contributed by atoms with Gasteiger partial charge in [-0.25, -0.2) is 9.37 Å². The molecule has 5 nitrogen and oxygen atoms in total. The van der Waals surface area contributed by atoms with Gasteiger partial charge in [-0.05, 0) is 43.2 Å². The highest BCUT2D eigenvalue weighted by molar-refractivity contribution is 5.94. The SMILES string of the molecule is CCNC(=O)c1ccc(N2C[C@@H](O)C[C@H]2c2cccc(F)c2)nc1. The number of amides is 1. The van der Waals surface area contributed by atoms with Crippen molar-refractivity contribution < 1.29 is 14.3 Å². The van der Waals surface area contributed by atoms with Gasteiger partial charge in [0.25, 0.3) is 5.91 Å². The number of pyridine rings is 1. The summed E-state index contributed by atoms with van der Waals surface area (Å²) in [6, 6.07) is 9.73. The zero-order chi connectivity index (χ0) is 17.1. The molecule has 1 fully saturated rings. The first kappa shape index (κ1) is 16.4. The topological polar surface area (TPSA) is 65.5 Å². The van der Waals surface area contributed by atoms with Crippen LogP contribution in [0.1, 0.15) is 35.3 Å². The Balaban J connectivity index is 1.85. The first-order valence-electron chi connectivity index (χ1n) is 8.03. The second-order valence-electron chi connectivity index (χ2n) is 5.88. The van der Waals surface area contributed by atoms with Crippen molar-refractivity contribution in [1.82, 2.24) is 10.3 Å². The number of nitrogens with one attached hydrogen (secondary N) is 1. The summed E-state index contributed by atoms with van der Waals surface area (Å²) >= 11 is 0. The lowest BCUT2D eigenvalue weighted by Crippen LogP contribution is -2.26. The van der Waals surface area contributed by atoms with Crippen LogP contribution in [-0.4, -0.2) is 35.2 Å². The molecule has 2 N–H and O–H groups in total. The lowest BCUT2D eigenvalue weighted by molar-refractivity contribution is 0.0955. The molecule has 0 radical (unpaired) electrons. The molecule has 3 rings (SSSR count). The average molecular weight is 329 g/mol. The Morgan fingerprint density at radius 3 is 2.92 bits per heavy atom. The second-order valence-corrected chi connectivity index (χ2v) is 5.88. The molecule has 1 aromatic heterocycles. The van der Waals surface area contributed by atoms with Crippen LogP contribution in [0.4, 0.5) is 10.2 Å². The number of hydrogen-bond acceptors (Lipinski definition) is 4. The Morgan fingerprint density at radius 2 is 2.25 bits per heavy atom. The van der Waals surface area contributed by atoms with Gasteiger partial charge in [0.15, 0.2) is 0 Å². The molecule has 0 aliphatic carbocycles. The van der Waals surface area contributed by atoms with E-state index in [2.05, 4.69) is 10.3 Å². The molecular weight excluding hydrogens is 309 g/mol. The Hall–Kier alpha value is -2.47. The number of aliphatic hydroxyl groups excluding tert-OH is 1. The molecular formula is C18H20FN3O2. The summed E-state index contributed by atoms with van der Waals surface area (Å²) in [7, 11) is 0. The number of carbonyl (C=O) groups is 1. The minimum Gasteiger partial charge on any atom is -0.391 e. The summed E-state index contributed by atoms with van der Waals surface area (Å²) < 4.78 is 13.5. The number of anilines is 1. The molecule has 1 aliphatic heterocycles. The summed E-state index contributed by atoms with van der Waals surface area (Å²) in [5.41, 5.74) is 1.30. The van der Waals surface area contributed by atoms with E-state index in [1.54, 1.807) is 18.2 Å². The van der Waals surface area contributed by atoms with Crippen LogP contribution >= 0.6 is 0 Å². The number of hydrogen-bond donors (Lipinski definition) is 2. The highest BCUT2D eigenvalue weighted by Crippen LogP contribution is 2.35. The monoisotopic (exact) mass is 329 g/mol. The largest absolute Gasteiger partial charge is 0.391 e. The van der Waals surface area contributed by atoms with E-state index in [0.717, 1.165) is 5.56 Å². The zero-order valence-corrected chi connectivity index (χ0v) is 13.4. The molecule has 1 saturated heterocycles. The van der Waals surface area contributed by atoms with E-state index in [1.165, 1.54) is 18.3 Å². The first-order chi connectivity index (χ1) is 11.6. The molecule has 2 heterocycles.